The highest BCUT2D eigenvalue weighted by Crippen LogP contribution is 2.38. The van der Waals surface area contributed by atoms with Gasteiger partial charge in [-0.2, -0.15) is 5.10 Å². The number of fused-ring (bicyclic) bond motifs is 3. The van der Waals surface area contributed by atoms with Gasteiger partial charge in [-0.1, -0.05) is 40.6 Å². The molecule has 3 aromatic heterocycles. The second-order valence-electron chi connectivity index (χ2n) is 9.13. The van der Waals surface area contributed by atoms with E-state index in [1.165, 1.54) is 17.4 Å². The molecular weight excluding hydrogens is 568 g/mol. The highest BCUT2D eigenvalue weighted by Gasteiger charge is 2.38. The van der Waals surface area contributed by atoms with Crippen LogP contribution in [0.25, 0.3) is 4.96 Å². The van der Waals surface area contributed by atoms with E-state index in [9.17, 15) is 9.59 Å². The van der Waals surface area contributed by atoms with Crippen LogP contribution in [-0.2, 0) is 16.0 Å². The Labute approximate surface area is 236 Å². The highest BCUT2D eigenvalue weighted by molar-refractivity contribution is 7.16. The molecule has 1 fully saturated rings. The first-order chi connectivity index (χ1) is 18.8. The van der Waals surface area contributed by atoms with Crippen LogP contribution in [0.5, 0.6) is 5.75 Å². The van der Waals surface area contributed by atoms with Gasteiger partial charge in [-0.05, 0) is 31.2 Å². The molecule has 5 heterocycles. The molecule has 0 spiro atoms. The first kappa shape index (κ1) is 25.9. The number of nitrogens with one attached hydrogen (secondary N) is 1. The Morgan fingerprint density at radius 1 is 1.23 bits per heavy atom. The first-order valence-electron chi connectivity index (χ1n) is 12.2. The monoisotopic (exact) mass is 589 g/mol. The van der Waals surface area contributed by atoms with Crippen molar-refractivity contribution in [1.29, 1.82) is 0 Å². The smallest absolute Gasteiger partial charge is 0.261 e. The Balaban J connectivity index is 1.28. The molecule has 1 unspecified atom stereocenters. The number of rotatable bonds is 5. The molecule has 2 aliphatic heterocycles. The number of carbonyl (C=O) groups excluding carboxylic acids is 2. The third kappa shape index (κ3) is 4.82. The zero-order valence-electron chi connectivity index (χ0n) is 20.7. The van der Waals surface area contributed by atoms with Gasteiger partial charge in [0.1, 0.15) is 22.7 Å². The van der Waals surface area contributed by atoms with E-state index in [4.69, 9.17) is 32.9 Å². The number of halogens is 3. The van der Waals surface area contributed by atoms with Crippen LogP contribution >= 0.6 is 34.5 Å². The Hall–Kier alpha value is -3.32. The summed E-state index contributed by atoms with van der Waals surface area (Å²) in [6.45, 7) is 3.16. The number of ether oxygens (including phenoxy) is 1. The molecule has 14 heteroatoms. The van der Waals surface area contributed by atoms with Gasteiger partial charge in [0.15, 0.2) is 17.5 Å². The largest absolute Gasteiger partial charge is 0.481 e. The SMILES string of the molecule is Cc1nn2c3c(nc2s1)CCN(C(=O)COc1ccc(N2CCNCC2=O)nc1Cl)C3c1ccc(Cl)cc1F. The van der Waals surface area contributed by atoms with Crippen molar-refractivity contribution in [2.75, 3.05) is 37.7 Å². The van der Waals surface area contributed by atoms with Crippen molar-refractivity contribution in [3.8, 4) is 5.75 Å². The lowest BCUT2D eigenvalue weighted by Gasteiger charge is -2.35. The van der Waals surface area contributed by atoms with Crippen molar-refractivity contribution < 1.29 is 18.7 Å². The summed E-state index contributed by atoms with van der Waals surface area (Å²) in [7, 11) is 0. The standard InChI is InChI=1S/C25H22Cl2FN7O3S/c1-13-32-35-23-17(30-25(35)39-13)6-8-34(22(23)15-3-2-14(26)10-16(15)28)21(37)12-38-18-4-5-19(31-24(18)27)33-9-7-29-11-20(33)36/h2-5,10,22,29H,6-9,11-12H2,1H3. The summed E-state index contributed by atoms with van der Waals surface area (Å²) in [4.78, 5) is 38.5. The number of piperazine rings is 1. The van der Waals surface area contributed by atoms with Crippen molar-refractivity contribution in [1.82, 2.24) is 29.8 Å². The predicted molar refractivity (Wildman–Crippen MR) is 144 cm³/mol. The number of aryl methyl sites for hydroxylation is 1. The molecule has 2 aliphatic rings. The van der Waals surface area contributed by atoms with Gasteiger partial charge in [-0.3, -0.25) is 14.5 Å². The number of pyridine rings is 1. The van der Waals surface area contributed by atoms with Crippen molar-refractivity contribution in [2.24, 2.45) is 0 Å². The zero-order valence-corrected chi connectivity index (χ0v) is 23.0. The lowest BCUT2D eigenvalue weighted by atomic mass is 9.95. The van der Waals surface area contributed by atoms with Gasteiger partial charge < -0.3 is 15.0 Å². The molecular formula is C25H22Cl2FN7O3S. The van der Waals surface area contributed by atoms with E-state index in [2.05, 4.69) is 15.4 Å². The van der Waals surface area contributed by atoms with Crippen molar-refractivity contribution in [2.45, 2.75) is 19.4 Å². The fraction of sp³-hybridized carbons (Fsp3) is 0.320. The molecule has 6 rings (SSSR count). The maximum Gasteiger partial charge on any atom is 0.261 e. The van der Waals surface area contributed by atoms with Crippen LogP contribution in [0, 0.1) is 12.7 Å². The van der Waals surface area contributed by atoms with Crippen LogP contribution in [0.1, 0.15) is 28.0 Å². The second kappa shape index (κ2) is 10.3. The van der Waals surface area contributed by atoms with Crippen molar-refractivity contribution >= 4 is 57.1 Å². The summed E-state index contributed by atoms with van der Waals surface area (Å²) in [6.07, 6.45) is 0.484. The number of benzene rings is 1. The van der Waals surface area contributed by atoms with Gasteiger partial charge in [-0.25, -0.2) is 18.9 Å². The Morgan fingerprint density at radius 2 is 2.08 bits per heavy atom. The molecule has 1 aromatic carbocycles. The number of hydrogen-bond acceptors (Lipinski definition) is 8. The van der Waals surface area contributed by atoms with E-state index in [0.717, 1.165) is 10.7 Å². The Morgan fingerprint density at radius 3 is 2.85 bits per heavy atom. The van der Waals surface area contributed by atoms with E-state index in [0.29, 0.717) is 42.5 Å². The molecule has 0 radical (unpaired) electrons. The third-order valence-electron chi connectivity index (χ3n) is 6.67. The average molecular weight is 590 g/mol. The predicted octanol–water partition coefficient (Wildman–Crippen LogP) is 3.43. The average Bonchev–Trinajstić information content (AvgIpc) is 3.43. The van der Waals surface area contributed by atoms with E-state index < -0.39 is 11.9 Å². The van der Waals surface area contributed by atoms with E-state index in [-0.39, 0.29) is 46.5 Å². The lowest BCUT2D eigenvalue weighted by molar-refractivity contribution is -0.135. The number of anilines is 1. The number of carbonyl (C=O) groups is 2. The van der Waals surface area contributed by atoms with Gasteiger partial charge in [-0.15, -0.1) is 0 Å². The maximum atomic E-state index is 15.2. The molecule has 1 atom stereocenters. The van der Waals surface area contributed by atoms with E-state index >= 15 is 4.39 Å². The molecule has 2 amide bonds. The van der Waals surface area contributed by atoms with Gasteiger partial charge >= 0.3 is 0 Å². The number of nitrogens with zero attached hydrogens (tertiary/aromatic N) is 6. The fourth-order valence-electron chi connectivity index (χ4n) is 4.91. The first-order valence-corrected chi connectivity index (χ1v) is 13.8. The number of hydrogen-bond donors (Lipinski definition) is 1. The zero-order chi connectivity index (χ0) is 27.3. The van der Waals surface area contributed by atoms with Crippen molar-refractivity contribution in [3.05, 3.63) is 68.3 Å². The molecule has 0 aliphatic carbocycles. The Kier molecular flexibility index (Phi) is 6.88. The van der Waals surface area contributed by atoms with Gasteiger partial charge in [0.2, 0.25) is 10.9 Å². The lowest BCUT2D eigenvalue weighted by Crippen LogP contribution is -2.48. The second-order valence-corrected chi connectivity index (χ2v) is 11.1. The molecule has 202 valence electrons. The van der Waals surface area contributed by atoms with Gasteiger partial charge in [0.25, 0.3) is 5.91 Å². The Bertz CT molecular complexity index is 1610. The minimum atomic E-state index is -0.784. The van der Waals surface area contributed by atoms with Crippen LogP contribution in [0.4, 0.5) is 10.2 Å². The summed E-state index contributed by atoms with van der Waals surface area (Å²) in [5.41, 5.74) is 1.69. The highest BCUT2D eigenvalue weighted by atomic mass is 35.5. The number of aromatic nitrogens is 4. The van der Waals surface area contributed by atoms with E-state index in [1.807, 2.05) is 6.92 Å². The summed E-state index contributed by atoms with van der Waals surface area (Å²) in [6, 6.07) is 6.82. The number of imidazole rings is 1. The van der Waals surface area contributed by atoms with Gasteiger partial charge in [0, 0.05) is 36.6 Å². The van der Waals surface area contributed by atoms with Crippen LogP contribution in [-0.4, -0.2) is 69.1 Å². The molecule has 10 nitrogen and oxygen atoms in total. The van der Waals surface area contributed by atoms with Gasteiger partial charge in [0.05, 0.1) is 17.9 Å². The topological polar surface area (TPSA) is 105 Å². The van der Waals surface area contributed by atoms with Crippen LogP contribution in [0.2, 0.25) is 10.2 Å². The van der Waals surface area contributed by atoms with Crippen LogP contribution < -0.4 is 15.0 Å². The summed E-state index contributed by atoms with van der Waals surface area (Å²) in [5.74, 6) is -0.408. The van der Waals surface area contributed by atoms with Crippen LogP contribution in [0.3, 0.4) is 0 Å². The quantitative estimate of drug-likeness (QED) is 0.355. The van der Waals surface area contributed by atoms with E-state index in [1.54, 1.807) is 38.6 Å². The molecule has 1 saturated heterocycles. The normalized spacial score (nSPS) is 17.5. The molecule has 39 heavy (non-hydrogen) atoms. The summed E-state index contributed by atoms with van der Waals surface area (Å²) in [5, 5.41) is 8.65. The number of amides is 2. The van der Waals surface area contributed by atoms with Crippen molar-refractivity contribution in [3.63, 3.8) is 0 Å². The molecule has 0 saturated carbocycles. The molecule has 1 N–H and O–H groups in total. The summed E-state index contributed by atoms with van der Waals surface area (Å²) >= 11 is 13.8. The molecule has 4 aromatic rings. The summed E-state index contributed by atoms with van der Waals surface area (Å²) < 4.78 is 22.7. The van der Waals surface area contributed by atoms with Crippen LogP contribution in [0.15, 0.2) is 30.3 Å². The minimum Gasteiger partial charge on any atom is -0.481 e. The minimum absolute atomic E-state index is 0.0308. The maximum absolute atomic E-state index is 15.2. The third-order valence-corrected chi connectivity index (χ3v) is 8.00. The fourth-order valence-corrected chi connectivity index (χ4v) is 6.04. The molecule has 0 bridgehead atoms.